The first-order valence-electron chi connectivity index (χ1n) is 9.44. The molecule has 6 nitrogen and oxygen atoms in total. The monoisotopic (exact) mass is 384 g/mol. The third-order valence-corrected chi connectivity index (χ3v) is 6.60. The molecule has 0 saturated heterocycles. The first-order chi connectivity index (χ1) is 13.1. The molecule has 0 radical (unpaired) electrons. The zero-order chi connectivity index (χ0) is 19.0. The zero-order valence-electron chi connectivity index (χ0n) is 15.7. The first kappa shape index (κ1) is 18.1. The summed E-state index contributed by atoms with van der Waals surface area (Å²) in [5, 5.41) is 4.00. The largest absolute Gasteiger partial charge is 0.323 e. The van der Waals surface area contributed by atoms with E-state index < -0.39 is 0 Å². The van der Waals surface area contributed by atoms with E-state index in [0.717, 1.165) is 31.4 Å². The molecule has 1 unspecified atom stereocenters. The number of likely N-dealkylation sites (N-methyl/N-ethyl adjacent to an activating group) is 1. The van der Waals surface area contributed by atoms with Crippen molar-refractivity contribution < 1.29 is 9.59 Å². The van der Waals surface area contributed by atoms with Crippen LogP contribution in [0.3, 0.4) is 0 Å². The summed E-state index contributed by atoms with van der Waals surface area (Å²) in [6.45, 7) is 2.48. The number of hydrogen-bond donors (Lipinski definition) is 1. The molecule has 0 bridgehead atoms. The molecule has 7 heteroatoms. The normalized spacial score (nSPS) is 18.9. The minimum atomic E-state index is -0.153. The number of fused-ring (bicyclic) bond motifs is 2. The molecule has 1 N–H and O–H groups in total. The van der Waals surface area contributed by atoms with Crippen molar-refractivity contribution in [3.8, 4) is 0 Å². The fourth-order valence-corrected chi connectivity index (χ4v) is 5.14. The molecule has 1 aromatic carbocycles. The van der Waals surface area contributed by atoms with Crippen LogP contribution in [-0.4, -0.2) is 41.8 Å². The molecule has 2 aromatic rings. The van der Waals surface area contributed by atoms with Gasteiger partial charge < -0.3 is 5.32 Å². The number of carbonyl (C=O) groups excluding carboxylic acids is 2. The van der Waals surface area contributed by atoms with Gasteiger partial charge in [-0.3, -0.25) is 19.4 Å². The van der Waals surface area contributed by atoms with E-state index in [0.29, 0.717) is 5.69 Å². The zero-order valence-corrected chi connectivity index (χ0v) is 16.5. The van der Waals surface area contributed by atoms with E-state index in [1.165, 1.54) is 15.6 Å². The van der Waals surface area contributed by atoms with Gasteiger partial charge in [-0.15, -0.1) is 11.3 Å². The summed E-state index contributed by atoms with van der Waals surface area (Å²) >= 11 is 1.78. The number of anilines is 2. The Morgan fingerprint density at radius 2 is 2.22 bits per heavy atom. The number of carbonyl (C=O) groups is 2. The highest BCUT2D eigenvalue weighted by Gasteiger charge is 2.31. The van der Waals surface area contributed by atoms with Gasteiger partial charge in [0.2, 0.25) is 11.8 Å². The van der Waals surface area contributed by atoms with E-state index in [4.69, 9.17) is 4.98 Å². The van der Waals surface area contributed by atoms with Crippen molar-refractivity contribution in [3.63, 3.8) is 0 Å². The number of amides is 2. The minimum Gasteiger partial charge on any atom is -0.323 e. The van der Waals surface area contributed by atoms with Crippen LogP contribution < -0.4 is 10.2 Å². The van der Waals surface area contributed by atoms with Gasteiger partial charge in [0.05, 0.1) is 28.6 Å². The van der Waals surface area contributed by atoms with Crippen molar-refractivity contribution in [2.24, 2.45) is 0 Å². The number of aromatic nitrogens is 1. The fourth-order valence-electron chi connectivity index (χ4n) is 3.88. The first-order valence-corrected chi connectivity index (χ1v) is 10.3. The topological polar surface area (TPSA) is 65.5 Å². The van der Waals surface area contributed by atoms with Crippen molar-refractivity contribution in [2.45, 2.75) is 38.6 Å². The Labute approximate surface area is 163 Å². The highest BCUT2D eigenvalue weighted by Crippen LogP contribution is 2.38. The third-order valence-electron chi connectivity index (χ3n) is 5.26. The second-order valence-corrected chi connectivity index (χ2v) is 8.26. The maximum Gasteiger partial charge on any atom is 0.244 e. The Morgan fingerprint density at radius 1 is 1.41 bits per heavy atom. The summed E-state index contributed by atoms with van der Waals surface area (Å²) in [7, 11) is 2.00. The molecular weight excluding hydrogens is 360 g/mol. The van der Waals surface area contributed by atoms with Crippen LogP contribution in [0.25, 0.3) is 0 Å². The Kier molecular flexibility index (Phi) is 4.97. The predicted octanol–water partition coefficient (Wildman–Crippen LogP) is 3.00. The Hall–Kier alpha value is -2.25. The molecule has 2 aliphatic rings. The van der Waals surface area contributed by atoms with E-state index in [1.807, 2.05) is 31.3 Å². The standard InChI is InChI=1S/C20H24N4O2S/c1-3-18-22-14-8-6-10-16(20(14)27-18)23(2)12-19(26)24-11-17(25)21-13-7-4-5-9-15(13)24/h4-5,7,9,16H,3,6,8,10-12H2,1-2H3,(H,21,25). The summed E-state index contributed by atoms with van der Waals surface area (Å²) in [5.74, 6) is -0.202. The van der Waals surface area contributed by atoms with Gasteiger partial charge in [0.15, 0.2) is 0 Å². The van der Waals surface area contributed by atoms with E-state index in [1.54, 1.807) is 16.2 Å². The van der Waals surface area contributed by atoms with E-state index >= 15 is 0 Å². The highest BCUT2D eigenvalue weighted by atomic mass is 32.1. The maximum atomic E-state index is 13.0. The summed E-state index contributed by atoms with van der Waals surface area (Å²) in [6.07, 6.45) is 4.12. The average molecular weight is 385 g/mol. The van der Waals surface area contributed by atoms with Crippen LogP contribution in [0.2, 0.25) is 0 Å². The maximum absolute atomic E-state index is 13.0. The predicted molar refractivity (Wildman–Crippen MR) is 107 cm³/mol. The number of benzene rings is 1. The molecule has 0 saturated carbocycles. The van der Waals surface area contributed by atoms with Gasteiger partial charge in [-0.25, -0.2) is 4.98 Å². The van der Waals surface area contributed by atoms with Gasteiger partial charge in [0, 0.05) is 10.9 Å². The van der Waals surface area contributed by atoms with E-state index in [9.17, 15) is 9.59 Å². The second-order valence-electron chi connectivity index (χ2n) is 7.14. The number of hydrogen-bond acceptors (Lipinski definition) is 5. The molecule has 27 heavy (non-hydrogen) atoms. The fraction of sp³-hybridized carbons (Fsp3) is 0.450. The lowest BCUT2D eigenvalue weighted by molar-refractivity contribution is -0.122. The van der Waals surface area contributed by atoms with Crippen molar-refractivity contribution in [2.75, 3.05) is 30.4 Å². The Morgan fingerprint density at radius 3 is 3.04 bits per heavy atom. The number of aryl methyl sites for hydroxylation is 2. The molecule has 1 atom stereocenters. The van der Waals surface area contributed by atoms with Gasteiger partial charge in [0.1, 0.15) is 6.54 Å². The molecule has 2 heterocycles. The van der Waals surface area contributed by atoms with Crippen LogP contribution in [0.5, 0.6) is 0 Å². The molecule has 0 spiro atoms. The lowest BCUT2D eigenvalue weighted by Gasteiger charge is -2.34. The smallest absolute Gasteiger partial charge is 0.244 e. The van der Waals surface area contributed by atoms with E-state index in [2.05, 4.69) is 17.1 Å². The van der Waals surface area contributed by atoms with Crippen molar-refractivity contribution in [1.29, 1.82) is 0 Å². The molecule has 0 fully saturated rings. The van der Waals surface area contributed by atoms with Crippen LogP contribution in [0.1, 0.15) is 41.4 Å². The Bertz CT molecular complexity index is 879. The van der Waals surface area contributed by atoms with Crippen LogP contribution in [0, 0.1) is 0 Å². The molecular formula is C20H24N4O2S. The molecule has 4 rings (SSSR count). The van der Waals surface area contributed by atoms with Crippen LogP contribution >= 0.6 is 11.3 Å². The molecule has 1 aliphatic heterocycles. The van der Waals surface area contributed by atoms with Crippen molar-refractivity contribution >= 4 is 34.5 Å². The van der Waals surface area contributed by atoms with Gasteiger partial charge in [-0.05, 0) is 44.9 Å². The van der Waals surface area contributed by atoms with Gasteiger partial charge in [-0.1, -0.05) is 19.1 Å². The molecule has 1 aromatic heterocycles. The number of rotatable bonds is 4. The SMILES string of the molecule is CCc1nc2c(s1)C(N(C)CC(=O)N1CC(=O)Nc3ccccc31)CCC2. The quantitative estimate of drug-likeness (QED) is 0.880. The lowest BCUT2D eigenvalue weighted by atomic mass is 9.97. The second kappa shape index (κ2) is 7.40. The molecule has 1 aliphatic carbocycles. The molecule has 142 valence electrons. The highest BCUT2D eigenvalue weighted by molar-refractivity contribution is 7.11. The van der Waals surface area contributed by atoms with Crippen LogP contribution in [0.4, 0.5) is 11.4 Å². The summed E-state index contributed by atoms with van der Waals surface area (Å²) < 4.78 is 0. The van der Waals surface area contributed by atoms with Gasteiger partial charge in [-0.2, -0.15) is 0 Å². The number of para-hydroxylation sites is 2. The average Bonchev–Trinajstić information content (AvgIpc) is 3.10. The summed E-state index contributed by atoms with van der Waals surface area (Å²) in [6, 6.07) is 7.68. The van der Waals surface area contributed by atoms with Gasteiger partial charge in [0.25, 0.3) is 0 Å². The van der Waals surface area contributed by atoms with E-state index in [-0.39, 0.29) is 30.9 Å². The molecule has 2 amide bonds. The Balaban J connectivity index is 1.52. The van der Waals surface area contributed by atoms with Crippen molar-refractivity contribution in [1.82, 2.24) is 9.88 Å². The summed E-state index contributed by atoms with van der Waals surface area (Å²) in [5.41, 5.74) is 2.67. The van der Waals surface area contributed by atoms with Gasteiger partial charge >= 0.3 is 0 Å². The number of nitrogens with one attached hydrogen (secondary N) is 1. The van der Waals surface area contributed by atoms with Crippen molar-refractivity contribution in [3.05, 3.63) is 39.8 Å². The number of nitrogens with zero attached hydrogens (tertiary/aromatic N) is 3. The van der Waals surface area contributed by atoms with Crippen LogP contribution in [0.15, 0.2) is 24.3 Å². The number of thiazole rings is 1. The third kappa shape index (κ3) is 3.49. The lowest BCUT2D eigenvalue weighted by Crippen LogP contribution is -2.46. The summed E-state index contributed by atoms with van der Waals surface area (Å²) in [4.78, 5) is 34.8. The van der Waals surface area contributed by atoms with Crippen LogP contribution in [-0.2, 0) is 22.4 Å². The minimum absolute atomic E-state index is 0.0489.